The van der Waals surface area contributed by atoms with Gasteiger partial charge in [-0.3, -0.25) is 4.44 Å². The largest absolute Gasteiger partial charge is 0.507 e. The lowest BCUT2D eigenvalue weighted by molar-refractivity contribution is 0.477. The fraction of sp³-hybridized carbons (Fsp3) is 0.0182. The maximum atomic E-state index is 11.4. The number of hydrogen-bond acceptors (Lipinski definition) is 8. The molecule has 0 amide bonds. The van der Waals surface area contributed by atoms with Gasteiger partial charge >= 0.3 is 0 Å². The van der Waals surface area contributed by atoms with Crippen LogP contribution < -0.4 is 43.7 Å². The van der Waals surface area contributed by atoms with E-state index in [4.69, 9.17) is 60.8 Å². The van der Waals surface area contributed by atoms with E-state index in [0.29, 0.717) is 28.5 Å². The van der Waals surface area contributed by atoms with Crippen LogP contribution in [-0.4, -0.2) is 11.8 Å². The van der Waals surface area contributed by atoms with Gasteiger partial charge in [-0.05, 0) is 125 Å². The van der Waals surface area contributed by atoms with Gasteiger partial charge < -0.3 is 18.7 Å². The Balaban J connectivity index is 1.14. The van der Waals surface area contributed by atoms with Crippen LogP contribution in [0.5, 0.6) is 23.0 Å². The van der Waals surface area contributed by atoms with Gasteiger partial charge in [-0.1, -0.05) is 170 Å². The average Bonchev–Trinajstić information content (AvgIpc) is 3.37. The van der Waals surface area contributed by atoms with Gasteiger partial charge in [0.25, 0.3) is 0 Å². The van der Waals surface area contributed by atoms with Crippen molar-refractivity contribution < 1.29 is 18.7 Å². The number of benzene rings is 9. The molecular weight excluding hydrogens is 1000 g/mol. The van der Waals surface area contributed by atoms with Crippen LogP contribution in [0.4, 0.5) is 11.4 Å². The summed E-state index contributed by atoms with van der Waals surface area (Å²) in [7, 11) is 0. The number of aromatic hydroxyl groups is 1. The van der Waals surface area contributed by atoms with Gasteiger partial charge in [0.1, 0.15) is 23.0 Å². The minimum Gasteiger partial charge on any atom is -0.507 e. The van der Waals surface area contributed by atoms with E-state index in [2.05, 4.69) is 94.4 Å². The lowest BCUT2D eigenvalue weighted by Gasteiger charge is -2.48. The molecule has 6 nitrogen and oxygen atoms in total. The third-order valence-electron chi connectivity index (χ3n) is 12.8. The summed E-state index contributed by atoms with van der Waals surface area (Å²) in [4.78, 5) is 0. The van der Waals surface area contributed by atoms with E-state index < -0.39 is 25.4 Å². The molecule has 14 heteroatoms. The lowest BCUT2D eigenvalue weighted by atomic mass is 10.0. The fourth-order valence-electron chi connectivity index (χ4n) is 9.78. The Labute approximate surface area is 422 Å². The highest BCUT2D eigenvalue weighted by molar-refractivity contribution is 8.28. The number of para-hydroxylation sites is 4. The molecule has 4 unspecified atom stereocenters. The van der Waals surface area contributed by atoms with Crippen LogP contribution in [0.15, 0.2) is 218 Å². The smallest absolute Gasteiger partial charge is 0.241 e. The van der Waals surface area contributed by atoms with Crippen molar-refractivity contribution in [1.82, 2.24) is 0 Å². The van der Waals surface area contributed by atoms with Gasteiger partial charge in [-0.15, -0.1) is 0 Å². The number of phenolic OH excluding ortho intramolecular Hbond substituents is 1. The summed E-state index contributed by atoms with van der Waals surface area (Å²) in [6.07, 6.45) is -13.4. The summed E-state index contributed by atoms with van der Waals surface area (Å²) in [5.41, 5.74) is 8.78. The Bertz CT molecular complexity index is 3680. The quantitative estimate of drug-likeness (QED) is 0.149. The van der Waals surface area contributed by atoms with E-state index >= 15 is 0 Å². The summed E-state index contributed by atoms with van der Waals surface area (Å²) in [5, 5.41) is 14.9. The number of rotatable bonds is 8. The van der Waals surface area contributed by atoms with Crippen LogP contribution in [0.3, 0.4) is 0 Å². The Morgan fingerprint density at radius 1 is 0.391 bits per heavy atom. The molecular formula is C55H40N2O4P4S4. The molecule has 0 fully saturated rings. The normalized spacial score (nSPS) is 20.0. The molecule has 0 bridgehead atoms. The van der Waals surface area contributed by atoms with Gasteiger partial charge in [-0.2, -0.15) is 0 Å². The Hall–Kier alpha value is -5.62. The highest BCUT2D eigenvalue weighted by atomic mass is 32.5. The Morgan fingerprint density at radius 3 is 1.25 bits per heavy atom. The average molecular weight is 1050 g/mol. The van der Waals surface area contributed by atoms with Crippen molar-refractivity contribution in [1.29, 1.82) is 0 Å². The van der Waals surface area contributed by atoms with Crippen molar-refractivity contribution in [3.8, 4) is 67.5 Å². The first-order chi connectivity index (χ1) is 33.5. The molecule has 0 aliphatic carbocycles. The molecule has 338 valence electrons. The minimum atomic E-state index is -3.44. The number of nitrogens with zero attached hydrogens (tertiary/aromatic N) is 2. The topological polar surface area (TPSA) is 54.4 Å². The number of hydrogen-bond donors (Lipinski definition) is 1. The summed E-state index contributed by atoms with van der Waals surface area (Å²) >= 11 is 28.6. The SMILES string of the molecule is CP(=S)(c1ccccc1-c1ccccc1O)N(c1cccc(N(P2(=S)Oc3ccccc3-c3ccccc32)P2(=S)Oc3ccccc3-c3ccccc32)c1)P1(=S)Oc2ccccc2-c2ccccc21. The monoisotopic (exact) mass is 1040 g/mol. The predicted octanol–water partition coefficient (Wildman–Crippen LogP) is 14.1. The number of anilines is 2. The van der Waals surface area contributed by atoms with Gasteiger partial charge in [0.15, 0.2) is 0 Å². The maximum Gasteiger partial charge on any atom is 0.241 e. The molecule has 3 heterocycles. The molecule has 0 radical (unpaired) electrons. The van der Waals surface area contributed by atoms with Crippen molar-refractivity contribution in [2.24, 2.45) is 0 Å². The van der Waals surface area contributed by atoms with Gasteiger partial charge in [0.2, 0.25) is 19.2 Å². The van der Waals surface area contributed by atoms with Crippen LogP contribution in [0, 0.1) is 0 Å². The highest BCUT2D eigenvalue weighted by Gasteiger charge is 2.50. The number of phenols is 1. The first-order valence-corrected chi connectivity index (χ1v) is 33.4. The van der Waals surface area contributed by atoms with Crippen molar-refractivity contribution >= 4 is 105 Å². The third kappa shape index (κ3) is 7.07. The van der Waals surface area contributed by atoms with E-state index in [1.165, 1.54) is 0 Å². The van der Waals surface area contributed by atoms with Crippen molar-refractivity contribution in [3.63, 3.8) is 0 Å². The van der Waals surface area contributed by atoms with E-state index in [-0.39, 0.29) is 5.75 Å². The molecule has 3 aliphatic heterocycles. The molecule has 12 rings (SSSR count). The summed E-state index contributed by atoms with van der Waals surface area (Å²) in [6, 6.07) is 72.6. The van der Waals surface area contributed by atoms with E-state index in [0.717, 1.165) is 65.8 Å². The van der Waals surface area contributed by atoms with Crippen molar-refractivity contribution in [3.05, 3.63) is 218 Å². The lowest BCUT2D eigenvalue weighted by Crippen LogP contribution is -2.36. The van der Waals surface area contributed by atoms with Crippen LogP contribution in [0.1, 0.15) is 0 Å². The zero-order valence-electron chi connectivity index (χ0n) is 36.8. The van der Waals surface area contributed by atoms with Crippen LogP contribution >= 0.6 is 25.4 Å². The van der Waals surface area contributed by atoms with Gasteiger partial charge in [-0.25, -0.2) is 4.44 Å². The Kier molecular flexibility index (Phi) is 11.0. The zero-order chi connectivity index (χ0) is 47.1. The molecule has 1 N–H and O–H groups in total. The molecule has 0 saturated heterocycles. The molecule has 9 aromatic carbocycles. The number of fused-ring (bicyclic) bond motifs is 9. The second-order valence-electron chi connectivity index (χ2n) is 16.9. The van der Waals surface area contributed by atoms with Gasteiger partial charge in [0, 0.05) is 43.5 Å². The van der Waals surface area contributed by atoms with Gasteiger partial charge in [0.05, 0.1) is 17.6 Å². The molecule has 69 heavy (non-hydrogen) atoms. The van der Waals surface area contributed by atoms with Crippen LogP contribution in [0.25, 0.3) is 44.5 Å². The van der Waals surface area contributed by atoms with Crippen LogP contribution in [0.2, 0.25) is 0 Å². The van der Waals surface area contributed by atoms with Crippen molar-refractivity contribution in [2.45, 2.75) is 0 Å². The third-order valence-corrected chi connectivity index (χ3v) is 31.3. The molecule has 0 spiro atoms. The zero-order valence-corrected chi connectivity index (χ0v) is 43.6. The highest BCUT2D eigenvalue weighted by Crippen LogP contribution is 2.74. The van der Waals surface area contributed by atoms with Crippen molar-refractivity contribution in [2.75, 3.05) is 15.5 Å². The van der Waals surface area contributed by atoms with E-state index in [1.54, 1.807) is 6.07 Å². The van der Waals surface area contributed by atoms with E-state index in [1.807, 2.05) is 133 Å². The second kappa shape index (κ2) is 17.1. The molecule has 0 saturated carbocycles. The first-order valence-electron chi connectivity index (χ1n) is 22.1. The molecule has 4 atom stereocenters. The summed E-state index contributed by atoms with van der Waals surface area (Å²) in [5.74, 6) is 2.21. The fourth-order valence-corrected chi connectivity index (χ4v) is 30.8. The predicted molar refractivity (Wildman–Crippen MR) is 304 cm³/mol. The van der Waals surface area contributed by atoms with E-state index in [9.17, 15) is 5.11 Å². The minimum absolute atomic E-state index is 0.156. The second-order valence-corrected chi connectivity index (χ2v) is 33.1. The van der Waals surface area contributed by atoms with Crippen LogP contribution in [-0.2, 0) is 47.2 Å². The summed E-state index contributed by atoms with van der Waals surface area (Å²) < 4.78 is 26.5. The maximum absolute atomic E-state index is 11.4. The molecule has 3 aliphatic rings. The molecule has 0 aromatic heterocycles. The Morgan fingerprint density at radius 2 is 0.754 bits per heavy atom. The molecule has 9 aromatic rings. The first kappa shape index (κ1) is 44.6. The standard InChI is InChI=1S/C55H40N2O4P4S4/c1-62(66,52-33-14-6-25-44(52)40-21-2-10-29-48(40)58)56(63(67)53-34-15-7-26-45(53)41-22-3-11-30-49(41)59-63)38-19-18-20-39(37-38)57(64(68)54-35-16-8-27-46(54)42-23-4-12-31-50(42)60-64)65(69)55-36-17-9-28-47(55)43-24-5-13-32-51(43)61-65/h2-37,58H,1H3. The summed E-state index contributed by atoms with van der Waals surface area (Å²) in [6.45, 7) is 2.12.